The lowest BCUT2D eigenvalue weighted by molar-refractivity contribution is 0.457. The third kappa shape index (κ3) is 1.29. The average molecular weight is 280 g/mol. The van der Waals surface area contributed by atoms with Crippen molar-refractivity contribution in [3.8, 4) is 0 Å². The number of aromatic nitrogens is 2. The number of fused-ring (bicyclic) bond motifs is 1. The van der Waals surface area contributed by atoms with Crippen LogP contribution in [0.3, 0.4) is 0 Å². The third-order valence-electron chi connectivity index (χ3n) is 4.74. The summed E-state index contributed by atoms with van der Waals surface area (Å²) in [5.74, 6) is 0. The van der Waals surface area contributed by atoms with Gasteiger partial charge in [0.15, 0.2) is 4.77 Å². The molecule has 5 heteroatoms. The first-order chi connectivity index (χ1) is 8.28. The molecule has 0 aromatic carbocycles. The number of nitrogens with zero attached hydrogens (tertiary/aromatic N) is 1. The molecule has 1 aliphatic carbocycles. The van der Waals surface area contributed by atoms with E-state index < -0.39 is 0 Å². The van der Waals surface area contributed by atoms with E-state index in [-0.39, 0.29) is 22.4 Å². The van der Waals surface area contributed by atoms with Crippen molar-refractivity contribution < 1.29 is 0 Å². The Kier molecular flexibility index (Phi) is 2.24. The fourth-order valence-corrected chi connectivity index (χ4v) is 4.08. The van der Waals surface area contributed by atoms with Crippen LogP contribution >= 0.6 is 23.6 Å². The molecule has 2 heterocycles. The van der Waals surface area contributed by atoms with E-state index in [1.54, 1.807) is 4.57 Å². The van der Waals surface area contributed by atoms with Gasteiger partial charge in [-0.3, -0.25) is 9.36 Å². The highest BCUT2D eigenvalue weighted by Gasteiger charge is 2.66. The second-order valence-corrected chi connectivity index (χ2v) is 7.42. The summed E-state index contributed by atoms with van der Waals surface area (Å²) in [6, 6.07) is 2.08. The first-order valence-electron chi connectivity index (χ1n) is 6.00. The predicted molar refractivity (Wildman–Crippen MR) is 77.9 cm³/mol. The maximum absolute atomic E-state index is 12.6. The molecule has 18 heavy (non-hydrogen) atoms. The molecule has 0 atom stereocenters. The first-order valence-corrected chi connectivity index (χ1v) is 7.29. The van der Waals surface area contributed by atoms with Gasteiger partial charge in [-0.2, -0.15) is 0 Å². The molecule has 1 N–H and O–H groups in total. The van der Waals surface area contributed by atoms with Gasteiger partial charge in [0, 0.05) is 0 Å². The van der Waals surface area contributed by atoms with Crippen LogP contribution in [0, 0.1) is 15.6 Å². The number of rotatable bonds is 1. The van der Waals surface area contributed by atoms with Crippen LogP contribution in [0.15, 0.2) is 16.2 Å². The molecular weight excluding hydrogens is 264 g/mol. The second-order valence-electron chi connectivity index (χ2n) is 6.11. The van der Waals surface area contributed by atoms with Crippen molar-refractivity contribution in [2.75, 3.05) is 0 Å². The zero-order valence-electron chi connectivity index (χ0n) is 10.9. The minimum atomic E-state index is 0.0485. The van der Waals surface area contributed by atoms with Crippen molar-refractivity contribution in [2.45, 2.75) is 33.7 Å². The van der Waals surface area contributed by atoms with Gasteiger partial charge in [0.2, 0.25) is 0 Å². The summed E-state index contributed by atoms with van der Waals surface area (Å²) in [7, 11) is 0. The van der Waals surface area contributed by atoms with Gasteiger partial charge >= 0.3 is 0 Å². The molecule has 0 spiro atoms. The Labute approximate surface area is 114 Å². The molecule has 0 bridgehead atoms. The van der Waals surface area contributed by atoms with Gasteiger partial charge < -0.3 is 4.98 Å². The van der Waals surface area contributed by atoms with E-state index in [1.165, 1.54) is 11.3 Å². The van der Waals surface area contributed by atoms with Crippen LogP contribution in [0.4, 0.5) is 0 Å². The molecule has 2 aromatic rings. The summed E-state index contributed by atoms with van der Waals surface area (Å²) in [4.78, 5) is 15.7. The highest BCUT2D eigenvalue weighted by molar-refractivity contribution is 7.71. The fourth-order valence-electron chi connectivity index (χ4n) is 2.99. The van der Waals surface area contributed by atoms with E-state index in [0.29, 0.717) is 4.77 Å². The van der Waals surface area contributed by atoms with E-state index in [4.69, 9.17) is 12.2 Å². The van der Waals surface area contributed by atoms with Crippen molar-refractivity contribution in [3.05, 3.63) is 26.6 Å². The lowest BCUT2D eigenvalue weighted by atomic mass is 10.0. The predicted octanol–water partition coefficient (Wildman–Crippen LogP) is 3.73. The molecule has 3 rings (SSSR count). The number of H-pyrrole nitrogens is 1. The lowest BCUT2D eigenvalue weighted by Gasteiger charge is -2.08. The van der Waals surface area contributed by atoms with Gasteiger partial charge in [0.1, 0.15) is 4.70 Å². The number of hydrogen-bond acceptors (Lipinski definition) is 3. The van der Waals surface area contributed by atoms with Crippen LogP contribution in [0.25, 0.3) is 10.2 Å². The number of nitrogens with one attached hydrogen (secondary N) is 1. The molecule has 0 radical (unpaired) electrons. The average Bonchev–Trinajstić information content (AvgIpc) is 2.67. The Morgan fingerprint density at radius 1 is 1.33 bits per heavy atom. The fraction of sp³-hybridized carbons (Fsp3) is 0.538. The van der Waals surface area contributed by atoms with E-state index in [1.807, 2.05) is 11.4 Å². The first kappa shape index (κ1) is 12.1. The van der Waals surface area contributed by atoms with Crippen molar-refractivity contribution >= 4 is 33.8 Å². The molecule has 0 amide bonds. The maximum Gasteiger partial charge on any atom is 0.272 e. The van der Waals surface area contributed by atoms with Crippen molar-refractivity contribution in [3.63, 3.8) is 0 Å². The van der Waals surface area contributed by atoms with Gasteiger partial charge in [-0.05, 0) is 34.5 Å². The molecule has 96 valence electrons. The number of thiophene rings is 1. The zero-order chi connectivity index (χ0) is 13.3. The Bertz CT molecular complexity index is 734. The van der Waals surface area contributed by atoms with Crippen molar-refractivity contribution in [2.24, 2.45) is 10.8 Å². The normalized spacial score (nSPS) is 21.3. The van der Waals surface area contributed by atoms with Crippen LogP contribution in [0.1, 0.15) is 33.7 Å². The van der Waals surface area contributed by atoms with Gasteiger partial charge in [-0.15, -0.1) is 11.3 Å². The monoisotopic (exact) mass is 280 g/mol. The SMILES string of the molecule is CC1(C)C(n2c(=S)[nH]c3ccsc3c2=O)C1(C)C. The Balaban J connectivity index is 2.32. The molecule has 1 saturated carbocycles. The molecular formula is C13H16N2OS2. The zero-order valence-corrected chi connectivity index (χ0v) is 12.5. The summed E-state index contributed by atoms with van der Waals surface area (Å²) in [5, 5.41) is 1.92. The number of hydrogen-bond donors (Lipinski definition) is 1. The highest BCUT2D eigenvalue weighted by Crippen LogP contribution is 2.71. The van der Waals surface area contributed by atoms with Crippen molar-refractivity contribution in [1.82, 2.24) is 9.55 Å². The Morgan fingerprint density at radius 3 is 2.50 bits per heavy atom. The van der Waals surface area contributed by atoms with Gasteiger partial charge in [-0.1, -0.05) is 27.7 Å². The van der Waals surface area contributed by atoms with Crippen molar-refractivity contribution in [1.29, 1.82) is 0 Å². The maximum atomic E-state index is 12.6. The molecule has 0 unspecified atom stereocenters. The van der Waals surface area contributed by atoms with Crippen LogP contribution < -0.4 is 5.56 Å². The molecule has 1 aliphatic rings. The molecule has 3 nitrogen and oxygen atoms in total. The minimum Gasteiger partial charge on any atom is -0.331 e. The van der Waals surface area contributed by atoms with Gasteiger partial charge in [0.05, 0.1) is 11.6 Å². The van der Waals surface area contributed by atoms with Crippen LogP contribution in [0.2, 0.25) is 0 Å². The quantitative estimate of drug-likeness (QED) is 0.808. The smallest absolute Gasteiger partial charge is 0.272 e. The highest BCUT2D eigenvalue weighted by atomic mass is 32.1. The molecule has 2 aromatic heterocycles. The van der Waals surface area contributed by atoms with E-state index in [2.05, 4.69) is 32.7 Å². The number of aromatic amines is 1. The second kappa shape index (κ2) is 3.33. The van der Waals surface area contributed by atoms with E-state index in [0.717, 1.165) is 10.2 Å². The van der Waals surface area contributed by atoms with E-state index in [9.17, 15) is 4.79 Å². The molecule has 0 aliphatic heterocycles. The van der Waals surface area contributed by atoms with Crippen LogP contribution in [0.5, 0.6) is 0 Å². The summed E-state index contributed by atoms with van der Waals surface area (Å²) < 4.78 is 3.07. The molecule has 0 saturated heterocycles. The topological polar surface area (TPSA) is 37.8 Å². The molecule has 1 fully saturated rings. The lowest BCUT2D eigenvalue weighted by Crippen LogP contribution is -2.22. The summed E-state index contributed by atoms with van der Waals surface area (Å²) >= 11 is 6.84. The largest absolute Gasteiger partial charge is 0.331 e. The summed E-state index contributed by atoms with van der Waals surface area (Å²) in [6.07, 6.45) is 0. The summed E-state index contributed by atoms with van der Waals surface area (Å²) in [6.45, 7) is 8.77. The summed E-state index contributed by atoms with van der Waals surface area (Å²) in [5.41, 5.74) is 1.10. The third-order valence-corrected chi connectivity index (χ3v) is 5.94. The Morgan fingerprint density at radius 2 is 1.94 bits per heavy atom. The van der Waals surface area contributed by atoms with Crippen LogP contribution in [-0.4, -0.2) is 9.55 Å². The van der Waals surface area contributed by atoms with Gasteiger partial charge in [0.25, 0.3) is 5.56 Å². The standard InChI is InChI=1S/C13H16N2OS2/c1-12(2)10(13(12,3)4)15-9(16)8-7(5-6-18-8)14-11(15)17/h5-6,10H,1-4H3,(H,14,17). The van der Waals surface area contributed by atoms with Crippen LogP contribution in [-0.2, 0) is 0 Å². The van der Waals surface area contributed by atoms with E-state index >= 15 is 0 Å². The minimum absolute atomic E-state index is 0.0485. The Hall–Kier alpha value is -0.940. The van der Waals surface area contributed by atoms with Gasteiger partial charge in [-0.25, -0.2) is 0 Å².